The molecular formula is C21H20FN3O2. The number of aromatic amines is 1. The highest BCUT2D eigenvalue weighted by Crippen LogP contribution is 2.25. The Labute approximate surface area is 156 Å². The number of hydrogen-bond donors (Lipinski definition) is 2. The molecule has 0 bridgehead atoms. The van der Waals surface area contributed by atoms with E-state index in [9.17, 15) is 14.0 Å². The molecule has 3 aromatic rings. The van der Waals surface area contributed by atoms with Crippen molar-refractivity contribution in [2.45, 2.75) is 26.2 Å². The highest BCUT2D eigenvalue weighted by molar-refractivity contribution is 5.98. The van der Waals surface area contributed by atoms with E-state index in [1.165, 1.54) is 12.1 Å². The average Bonchev–Trinajstić information content (AvgIpc) is 3.19. The smallest absolute Gasteiger partial charge is 0.228 e. The number of carbonyl (C=O) groups excluding carboxylic acids is 2. The van der Waals surface area contributed by atoms with Gasteiger partial charge >= 0.3 is 0 Å². The molecule has 1 saturated heterocycles. The van der Waals surface area contributed by atoms with Gasteiger partial charge in [0.15, 0.2) is 0 Å². The highest BCUT2D eigenvalue weighted by atomic mass is 19.1. The highest BCUT2D eigenvalue weighted by Gasteiger charge is 2.21. The number of aromatic nitrogens is 1. The molecule has 0 spiro atoms. The average molecular weight is 365 g/mol. The van der Waals surface area contributed by atoms with E-state index in [0.717, 1.165) is 40.8 Å². The molecule has 27 heavy (non-hydrogen) atoms. The van der Waals surface area contributed by atoms with Crippen LogP contribution in [0.15, 0.2) is 42.5 Å². The second kappa shape index (κ2) is 6.87. The second-order valence-corrected chi connectivity index (χ2v) is 6.84. The standard InChI is InChI=1S/C21H20FN3O2/c1-13-17(18-11-14(22)4-9-19(18)23-13)12-20(26)24-15-5-7-16(8-6-15)25-10-2-3-21(25)27/h4-9,11,23H,2-3,10,12H2,1H3,(H,24,26). The predicted molar refractivity (Wildman–Crippen MR) is 103 cm³/mol. The van der Waals surface area contributed by atoms with Crippen LogP contribution in [0.3, 0.4) is 0 Å². The molecule has 0 radical (unpaired) electrons. The first-order chi connectivity index (χ1) is 13.0. The number of benzene rings is 2. The summed E-state index contributed by atoms with van der Waals surface area (Å²) in [5, 5.41) is 3.59. The van der Waals surface area contributed by atoms with Gasteiger partial charge in [-0.2, -0.15) is 0 Å². The summed E-state index contributed by atoms with van der Waals surface area (Å²) in [5.41, 5.74) is 3.98. The van der Waals surface area contributed by atoms with Gasteiger partial charge in [0.25, 0.3) is 0 Å². The summed E-state index contributed by atoms with van der Waals surface area (Å²) in [6, 6.07) is 11.8. The van der Waals surface area contributed by atoms with Gasteiger partial charge in [-0.1, -0.05) is 0 Å². The van der Waals surface area contributed by atoms with Gasteiger partial charge in [-0.05, 0) is 61.4 Å². The summed E-state index contributed by atoms with van der Waals surface area (Å²) in [6.45, 7) is 2.61. The van der Waals surface area contributed by atoms with Gasteiger partial charge in [0.05, 0.1) is 6.42 Å². The fourth-order valence-corrected chi connectivity index (χ4v) is 3.59. The number of fused-ring (bicyclic) bond motifs is 1. The van der Waals surface area contributed by atoms with Crippen molar-refractivity contribution in [2.75, 3.05) is 16.8 Å². The summed E-state index contributed by atoms with van der Waals surface area (Å²) in [7, 11) is 0. The van der Waals surface area contributed by atoms with Crippen LogP contribution in [0.1, 0.15) is 24.1 Å². The fraction of sp³-hybridized carbons (Fsp3) is 0.238. The summed E-state index contributed by atoms with van der Waals surface area (Å²) in [6.07, 6.45) is 1.62. The molecule has 2 amide bonds. The van der Waals surface area contributed by atoms with Crippen LogP contribution in [0, 0.1) is 12.7 Å². The van der Waals surface area contributed by atoms with Crippen molar-refractivity contribution < 1.29 is 14.0 Å². The van der Waals surface area contributed by atoms with Crippen LogP contribution in [0.4, 0.5) is 15.8 Å². The maximum absolute atomic E-state index is 13.6. The summed E-state index contributed by atoms with van der Waals surface area (Å²) >= 11 is 0. The van der Waals surface area contributed by atoms with Crippen molar-refractivity contribution in [2.24, 2.45) is 0 Å². The third-order valence-corrected chi connectivity index (χ3v) is 4.96. The Morgan fingerprint density at radius 1 is 1.22 bits per heavy atom. The number of nitrogens with zero attached hydrogens (tertiary/aromatic N) is 1. The first-order valence-corrected chi connectivity index (χ1v) is 8.98. The number of H-pyrrole nitrogens is 1. The van der Waals surface area contributed by atoms with Crippen LogP contribution in [-0.4, -0.2) is 23.3 Å². The molecular weight excluding hydrogens is 345 g/mol. The number of anilines is 2. The molecule has 0 unspecified atom stereocenters. The van der Waals surface area contributed by atoms with E-state index in [1.54, 1.807) is 23.1 Å². The minimum atomic E-state index is -0.324. The predicted octanol–water partition coefficient (Wildman–Crippen LogP) is 3.92. The van der Waals surface area contributed by atoms with Crippen molar-refractivity contribution >= 4 is 34.1 Å². The van der Waals surface area contributed by atoms with Crippen molar-refractivity contribution in [3.8, 4) is 0 Å². The Balaban J connectivity index is 1.48. The lowest BCUT2D eigenvalue weighted by atomic mass is 10.1. The van der Waals surface area contributed by atoms with Crippen LogP contribution in [0.5, 0.6) is 0 Å². The molecule has 1 fully saturated rings. The molecule has 0 atom stereocenters. The van der Waals surface area contributed by atoms with E-state index < -0.39 is 0 Å². The van der Waals surface area contributed by atoms with E-state index in [2.05, 4.69) is 10.3 Å². The Hall–Kier alpha value is -3.15. The van der Waals surface area contributed by atoms with E-state index in [1.807, 2.05) is 19.1 Å². The Morgan fingerprint density at radius 3 is 2.70 bits per heavy atom. The molecule has 4 rings (SSSR count). The van der Waals surface area contributed by atoms with Crippen LogP contribution in [-0.2, 0) is 16.0 Å². The van der Waals surface area contributed by atoms with E-state index in [-0.39, 0.29) is 24.1 Å². The zero-order chi connectivity index (χ0) is 19.0. The second-order valence-electron chi connectivity index (χ2n) is 6.84. The number of amides is 2. The fourth-order valence-electron chi connectivity index (χ4n) is 3.59. The number of hydrogen-bond acceptors (Lipinski definition) is 2. The molecule has 0 saturated carbocycles. The molecule has 2 aromatic carbocycles. The third kappa shape index (κ3) is 3.43. The van der Waals surface area contributed by atoms with Gasteiger partial charge in [0.1, 0.15) is 5.82 Å². The molecule has 2 N–H and O–H groups in total. The van der Waals surface area contributed by atoms with Gasteiger partial charge < -0.3 is 15.2 Å². The SMILES string of the molecule is Cc1[nH]c2ccc(F)cc2c1CC(=O)Nc1ccc(N2CCCC2=O)cc1. The van der Waals surface area contributed by atoms with Crippen LogP contribution in [0.2, 0.25) is 0 Å². The van der Waals surface area contributed by atoms with Gasteiger partial charge in [0, 0.05) is 40.9 Å². The number of carbonyl (C=O) groups is 2. The zero-order valence-corrected chi connectivity index (χ0v) is 15.0. The molecule has 1 aliphatic rings. The molecule has 5 nitrogen and oxygen atoms in total. The van der Waals surface area contributed by atoms with E-state index in [0.29, 0.717) is 12.1 Å². The Kier molecular flexibility index (Phi) is 4.39. The lowest BCUT2D eigenvalue weighted by Crippen LogP contribution is -2.23. The maximum atomic E-state index is 13.6. The molecule has 6 heteroatoms. The molecule has 0 aliphatic carbocycles. The lowest BCUT2D eigenvalue weighted by molar-refractivity contribution is -0.117. The normalized spacial score (nSPS) is 14.1. The van der Waals surface area contributed by atoms with Crippen molar-refractivity contribution in [3.63, 3.8) is 0 Å². The summed E-state index contributed by atoms with van der Waals surface area (Å²) < 4.78 is 13.6. The maximum Gasteiger partial charge on any atom is 0.228 e. The zero-order valence-electron chi connectivity index (χ0n) is 15.0. The number of rotatable bonds is 4. The minimum absolute atomic E-state index is 0.133. The topological polar surface area (TPSA) is 65.2 Å². The molecule has 138 valence electrons. The van der Waals surface area contributed by atoms with Gasteiger partial charge in [-0.3, -0.25) is 9.59 Å². The summed E-state index contributed by atoms with van der Waals surface area (Å²) in [4.78, 5) is 29.2. The monoisotopic (exact) mass is 365 g/mol. The Morgan fingerprint density at radius 2 is 2.00 bits per heavy atom. The largest absolute Gasteiger partial charge is 0.358 e. The number of halogens is 1. The first kappa shape index (κ1) is 17.3. The number of aryl methyl sites for hydroxylation is 1. The minimum Gasteiger partial charge on any atom is -0.358 e. The van der Waals surface area contributed by atoms with Gasteiger partial charge in [0.2, 0.25) is 11.8 Å². The van der Waals surface area contributed by atoms with Crippen LogP contribution < -0.4 is 10.2 Å². The lowest BCUT2D eigenvalue weighted by Gasteiger charge is -2.16. The Bertz CT molecular complexity index is 1020. The van der Waals surface area contributed by atoms with Crippen molar-refractivity contribution in [1.82, 2.24) is 4.98 Å². The molecule has 1 aromatic heterocycles. The molecule has 1 aliphatic heterocycles. The van der Waals surface area contributed by atoms with Crippen LogP contribution >= 0.6 is 0 Å². The van der Waals surface area contributed by atoms with E-state index >= 15 is 0 Å². The van der Waals surface area contributed by atoms with Gasteiger partial charge in [-0.25, -0.2) is 4.39 Å². The van der Waals surface area contributed by atoms with Crippen LogP contribution in [0.25, 0.3) is 10.9 Å². The van der Waals surface area contributed by atoms with E-state index in [4.69, 9.17) is 0 Å². The quantitative estimate of drug-likeness (QED) is 0.736. The summed E-state index contributed by atoms with van der Waals surface area (Å²) in [5.74, 6) is -0.364. The first-order valence-electron chi connectivity index (χ1n) is 8.98. The molecule has 2 heterocycles. The number of nitrogens with one attached hydrogen (secondary N) is 2. The third-order valence-electron chi connectivity index (χ3n) is 4.96. The van der Waals surface area contributed by atoms with Crippen molar-refractivity contribution in [1.29, 1.82) is 0 Å². The van der Waals surface area contributed by atoms with Gasteiger partial charge in [-0.15, -0.1) is 0 Å². The van der Waals surface area contributed by atoms with Crippen molar-refractivity contribution in [3.05, 3.63) is 59.5 Å².